The van der Waals surface area contributed by atoms with Crippen molar-refractivity contribution in [2.24, 2.45) is 7.05 Å². The molecule has 9 heteroatoms. The van der Waals surface area contributed by atoms with Crippen molar-refractivity contribution in [1.82, 2.24) is 24.6 Å². The van der Waals surface area contributed by atoms with Crippen molar-refractivity contribution in [1.29, 1.82) is 0 Å². The lowest BCUT2D eigenvalue weighted by Gasteiger charge is -2.33. The van der Waals surface area contributed by atoms with Gasteiger partial charge in [-0.15, -0.1) is 12.4 Å². The third-order valence-corrected chi connectivity index (χ3v) is 7.37. The maximum atomic E-state index is 5.59. The number of hydrogen-bond donors (Lipinski definition) is 0. The summed E-state index contributed by atoms with van der Waals surface area (Å²) < 4.78 is 13.0. The van der Waals surface area contributed by atoms with E-state index in [1.54, 1.807) is 18.9 Å². The van der Waals surface area contributed by atoms with Gasteiger partial charge in [-0.1, -0.05) is 0 Å². The van der Waals surface area contributed by atoms with Gasteiger partial charge in [0, 0.05) is 67.0 Å². The smallest absolute Gasteiger partial charge is 0.124 e. The van der Waals surface area contributed by atoms with Gasteiger partial charge in [0.15, 0.2) is 0 Å². The molecule has 0 amide bonds. The number of rotatable bonds is 9. The number of aromatic nitrogens is 4. The first kappa shape index (κ1) is 27.7. The maximum absolute atomic E-state index is 5.59. The lowest BCUT2D eigenvalue weighted by atomic mass is 10.0. The van der Waals surface area contributed by atoms with Crippen molar-refractivity contribution in [3.8, 4) is 22.8 Å². The van der Waals surface area contributed by atoms with Gasteiger partial charge in [0.05, 0.1) is 43.3 Å². The molecule has 0 atom stereocenters. The molecule has 0 aliphatic carbocycles. The van der Waals surface area contributed by atoms with E-state index in [0.29, 0.717) is 0 Å². The molecule has 0 saturated carbocycles. The number of ether oxygens (including phenoxy) is 2. The molecule has 1 aliphatic heterocycles. The minimum atomic E-state index is 0. The van der Waals surface area contributed by atoms with Crippen molar-refractivity contribution in [3.63, 3.8) is 0 Å². The normalized spacial score (nSPS) is 14.9. The average molecular weight is 537 g/mol. The van der Waals surface area contributed by atoms with Crippen LogP contribution in [0.2, 0.25) is 0 Å². The Labute approximate surface area is 231 Å². The number of anilines is 2. The predicted octanol–water partition coefficient (Wildman–Crippen LogP) is 5.87. The molecule has 2 aromatic carbocycles. The molecule has 5 rings (SSSR count). The summed E-state index contributed by atoms with van der Waals surface area (Å²) in [6, 6.07) is 12.3. The number of aryl methyl sites for hydroxylation is 1. The van der Waals surface area contributed by atoms with Crippen molar-refractivity contribution >= 4 is 34.8 Å². The summed E-state index contributed by atoms with van der Waals surface area (Å²) in [7, 11) is 5.27. The van der Waals surface area contributed by atoms with E-state index in [-0.39, 0.29) is 17.9 Å². The van der Waals surface area contributed by atoms with Crippen LogP contribution in [0.1, 0.15) is 33.1 Å². The standard InChI is InChI=1S/C29H36N6O2.ClH/c1-29(2)10-6-11-34(29)12-7-13-35(23-14-24(36-4)17-25(15-23)37-5)22-8-9-26-27(16-22)32-28(19-30-26)21-18-31-33(3)20-21;/h8-9,14-20H,6-7,10-13H2,1-5H3;1H. The summed E-state index contributed by atoms with van der Waals surface area (Å²) in [5.74, 6) is 1.53. The molecule has 2 aromatic heterocycles. The second kappa shape index (κ2) is 11.6. The van der Waals surface area contributed by atoms with Gasteiger partial charge in [0.2, 0.25) is 0 Å². The minimum Gasteiger partial charge on any atom is -0.497 e. The van der Waals surface area contributed by atoms with Gasteiger partial charge in [0.1, 0.15) is 11.5 Å². The zero-order chi connectivity index (χ0) is 26.0. The number of benzene rings is 2. The molecule has 0 bridgehead atoms. The molecule has 202 valence electrons. The number of nitrogens with zero attached hydrogens (tertiary/aromatic N) is 6. The lowest BCUT2D eigenvalue weighted by Crippen LogP contribution is -2.39. The molecular formula is C29H37ClN6O2. The van der Waals surface area contributed by atoms with Crippen LogP contribution in [0.5, 0.6) is 11.5 Å². The molecule has 0 N–H and O–H groups in total. The fourth-order valence-electron chi connectivity index (χ4n) is 5.21. The van der Waals surface area contributed by atoms with Crippen molar-refractivity contribution < 1.29 is 9.47 Å². The van der Waals surface area contributed by atoms with E-state index >= 15 is 0 Å². The highest BCUT2D eigenvalue weighted by atomic mass is 35.5. The number of halogens is 1. The van der Waals surface area contributed by atoms with Crippen molar-refractivity contribution in [2.45, 2.75) is 38.6 Å². The summed E-state index contributed by atoms with van der Waals surface area (Å²) in [5, 5.41) is 4.28. The van der Waals surface area contributed by atoms with E-state index in [9.17, 15) is 0 Å². The highest BCUT2D eigenvalue weighted by Crippen LogP contribution is 2.35. The molecule has 0 unspecified atom stereocenters. The van der Waals surface area contributed by atoms with Crippen molar-refractivity contribution in [3.05, 3.63) is 55.0 Å². The van der Waals surface area contributed by atoms with E-state index in [1.165, 1.54) is 19.4 Å². The van der Waals surface area contributed by atoms with Crippen LogP contribution < -0.4 is 14.4 Å². The topological polar surface area (TPSA) is 68.5 Å². The van der Waals surface area contributed by atoms with Gasteiger partial charge >= 0.3 is 0 Å². The van der Waals surface area contributed by atoms with Gasteiger partial charge < -0.3 is 14.4 Å². The Morgan fingerprint density at radius 2 is 1.74 bits per heavy atom. The maximum Gasteiger partial charge on any atom is 0.124 e. The SMILES string of the molecule is COc1cc(OC)cc(N(CCCN2CCCC2(C)C)c2ccc3ncc(-c4cnn(C)c4)nc3c2)c1.Cl. The van der Waals surface area contributed by atoms with E-state index in [2.05, 4.69) is 58.0 Å². The zero-order valence-corrected chi connectivity index (χ0v) is 23.7. The van der Waals surface area contributed by atoms with Gasteiger partial charge in [-0.25, -0.2) is 4.98 Å². The molecule has 1 aliphatic rings. The number of hydrogen-bond acceptors (Lipinski definition) is 7. The Morgan fingerprint density at radius 3 is 2.37 bits per heavy atom. The van der Waals surface area contributed by atoms with Crippen LogP contribution >= 0.6 is 12.4 Å². The number of fused-ring (bicyclic) bond motifs is 1. The van der Waals surface area contributed by atoms with Crippen LogP contribution in [0.15, 0.2) is 55.0 Å². The molecule has 0 radical (unpaired) electrons. The highest BCUT2D eigenvalue weighted by molar-refractivity contribution is 5.85. The second-order valence-corrected chi connectivity index (χ2v) is 10.3. The average Bonchev–Trinajstić information content (AvgIpc) is 3.49. The summed E-state index contributed by atoms with van der Waals surface area (Å²) >= 11 is 0. The molecule has 1 fully saturated rings. The van der Waals surface area contributed by atoms with E-state index in [0.717, 1.165) is 64.7 Å². The summed E-state index contributed by atoms with van der Waals surface area (Å²) in [6.45, 7) is 7.79. The molecule has 4 aromatic rings. The number of methoxy groups -OCH3 is 2. The highest BCUT2D eigenvalue weighted by Gasteiger charge is 2.31. The van der Waals surface area contributed by atoms with Crippen LogP contribution in [0.3, 0.4) is 0 Å². The third-order valence-electron chi connectivity index (χ3n) is 7.37. The van der Waals surface area contributed by atoms with Gasteiger partial charge in [0.25, 0.3) is 0 Å². The fourth-order valence-corrected chi connectivity index (χ4v) is 5.21. The van der Waals surface area contributed by atoms with Crippen LogP contribution in [0.4, 0.5) is 11.4 Å². The molecule has 3 heterocycles. The van der Waals surface area contributed by atoms with Crippen molar-refractivity contribution in [2.75, 3.05) is 38.8 Å². The lowest BCUT2D eigenvalue weighted by molar-refractivity contribution is 0.174. The first-order valence-corrected chi connectivity index (χ1v) is 12.9. The Morgan fingerprint density at radius 1 is 0.974 bits per heavy atom. The molecule has 0 spiro atoms. The third kappa shape index (κ3) is 5.87. The molecule has 8 nitrogen and oxygen atoms in total. The minimum absolute atomic E-state index is 0. The van der Waals surface area contributed by atoms with E-state index < -0.39 is 0 Å². The summed E-state index contributed by atoms with van der Waals surface area (Å²) in [6.07, 6.45) is 9.13. The van der Waals surface area contributed by atoms with Gasteiger partial charge in [-0.3, -0.25) is 14.6 Å². The molecule has 1 saturated heterocycles. The predicted molar refractivity (Wildman–Crippen MR) is 155 cm³/mol. The Bertz CT molecular complexity index is 1370. The van der Waals surface area contributed by atoms with Crippen LogP contribution in [-0.4, -0.2) is 64.0 Å². The van der Waals surface area contributed by atoms with E-state index in [1.807, 2.05) is 37.8 Å². The molecular weight excluding hydrogens is 500 g/mol. The monoisotopic (exact) mass is 536 g/mol. The van der Waals surface area contributed by atoms with Crippen LogP contribution in [0, 0.1) is 0 Å². The summed E-state index contributed by atoms with van der Waals surface area (Å²) in [5.41, 5.74) is 5.81. The first-order chi connectivity index (χ1) is 17.9. The van der Waals surface area contributed by atoms with Gasteiger partial charge in [-0.05, 0) is 57.9 Å². The Hall–Kier alpha value is -3.36. The fraction of sp³-hybridized carbons (Fsp3) is 0.414. The summed E-state index contributed by atoms with van der Waals surface area (Å²) in [4.78, 5) is 14.5. The Balaban J connectivity index is 0.00000336. The van der Waals surface area contributed by atoms with E-state index in [4.69, 9.17) is 14.5 Å². The molecule has 38 heavy (non-hydrogen) atoms. The largest absolute Gasteiger partial charge is 0.497 e. The van der Waals surface area contributed by atoms with Crippen LogP contribution in [-0.2, 0) is 7.05 Å². The Kier molecular flexibility index (Phi) is 8.43. The van der Waals surface area contributed by atoms with Gasteiger partial charge in [-0.2, -0.15) is 5.10 Å². The van der Waals surface area contributed by atoms with Crippen LogP contribution in [0.25, 0.3) is 22.3 Å². The second-order valence-electron chi connectivity index (χ2n) is 10.3. The quantitative estimate of drug-likeness (QED) is 0.265. The zero-order valence-electron chi connectivity index (χ0n) is 22.8. The first-order valence-electron chi connectivity index (χ1n) is 12.9. The number of likely N-dealkylation sites (tertiary alicyclic amines) is 1.